The molecule has 0 aliphatic rings. The minimum Gasteiger partial charge on any atom is -0.491 e. The molecule has 0 amide bonds. The Balaban J connectivity index is 0.00000400. The van der Waals surface area contributed by atoms with Crippen LogP contribution in [-0.2, 0) is 10.0 Å². The summed E-state index contributed by atoms with van der Waals surface area (Å²) >= 11 is 0. The maximum Gasteiger partial charge on any atom is 1.00 e. The predicted molar refractivity (Wildman–Crippen MR) is 83.4 cm³/mol. The normalized spacial score (nSPS) is 12.0. The summed E-state index contributed by atoms with van der Waals surface area (Å²) in [5.41, 5.74) is 0.790. The molecule has 4 nitrogen and oxygen atoms in total. The van der Waals surface area contributed by atoms with Crippen LogP contribution in [0.15, 0.2) is 46.9 Å². The van der Waals surface area contributed by atoms with Crippen LogP contribution in [0.1, 0.15) is 32.3 Å². The number of hydrogen-bond acceptors (Lipinski definition) is 3. The molecule has 6 heteroatoms. The van der Waals surface area contributed by atoms with Crippen LogP contribution in [0.4, 0.5) is 0 Å². The number of nitrogens with zero attached hydrogens (tertiary/aromatic N) is 2. The minimum atomic E-state index is -3.71. The van der Waals surface area contributed by atoms with E-state index in [1.807, 2.05) is 26.8 Å². The van der Waals surface area contributed by atoms with Gasteiger partial charge < -0.3 is 9.93 Å². The van der Waals surface area contributed by atoms with Crippen molar-refractivity contribution in [2.75, 3.05) is 0 Å². The maximum absolute atomic E-state index is 11.9. The van der Waals surface area contributed by atoms with E-state index >= 15 is 0 Å². The van der Waals surface area contributed by atoms with Crippen molar-refractivity contribution in [1.29, 1.82) is 0 Å². The maximum atomic E-state index is 11.9. The second-order valence-electron chi connectivity index (χ2n) is 5.43. The first-order valence-corrected chi connectivity index (χ1v) is 7.90. The van der Waals surface area contributed by atoms with Crippen LogP contribution < -0.4 is 29.6 Å². The van der Waals surface area contributed by atoms with E-state index in [-0.39, 0.29) is 39.9 Å². The minimum absolute atomic E-state index is 0. The van der Waals surface area contributed by atoms with Gasteiger partial charge in [-0.3, -0.25) is 0 Å². The second-order valence-corrected chi connectivity index (χ2v) is 7.02. The summed E-state index contributed by atoms with van der Waals surface area (Å²) in [5.74, 6) is 0. The molecule has 0 heterocycles. The Kier molecular flexibility index (Phi) is 8.48. The molecule has 0 bridgehead atoms. The molecular formula is C15H21N2NaO2S. The van der Waals surface area contributed by atoms with Crippen LogP contribution >= 0.6 is 0 Å². The Labute approximate surface area is 150 Å². The van der Waals surface area contributed by atoms with E-state index in [1.165, 1.54) is 12.1 Å². The summed E-state index contributed by atoms with van der Waals surface area (Å²) in [6.45, 7) is 9.52. The first kappa shape index (κ1) is 20.4. The van der Waals surface area contributed by atoms with Crippen molar-refractivity contribution in [3.8, 4) is 0 Å². The van der Waals surface area contributed by atoms with Gasteiger partial charge in [0.25, 0.3) is 0 Å². The Bertz CT molecular complexity index is 578. The van der Waals surface area contributed by atoms with E-state index < -0.39 is 10.0 Å². The second kappa shape index (κ2) is 8.73. The van der Waals surface area contributed by atoms with Gasteiger partial charge in [0.2, 0.25) is 0 Å². The summed E-state index contributed by atoms with van der Waals surface area (Å²) in [4.78, 5) is 3.62. The zero-order valence-electron chi connectivity index (χ0n) is 13.2. The smallest absolute Gasteiger partial charge is 0.491 e. The van der Waals surface area contributed by atoms with Gasteiger partial charge in [0.1, 0.15) is 10.0 Å². The molecule has 110 valence electrons. The Morgan fingerprint density at radius 1 is 1.29 bits per heavy atom. The molecule has 0 aliphatic heterocycles. The summed E-state index contributed by atoms with van der Waals surface area (Å²) in [6.07, 6.45) is 5.10. The van der Waals surface area contributed by atoms with Crippen molar-refractivity contribution >= 4 is 16.2 Å². The molecule has 1 aromatic rings. The van der Waals surface area contributed by atoms with Crippen LogP contribution in [-0.4, -0.2) is 14.6 Å². The van der Waals surface area contributed by atoms with Gasteiger partial charge in [-0.05, 0) is 43.5 Å². The molecule has 0 saturated carbocycles. The monoisotopic (exact) mass is 316 g/mol. The fraction of sp³-hybridized carbons (Fsp3) is 0.400. The summed E-state index contributed by atoms with van der Waals surface area (Å²) in [6, 6.07) is 6.54. The Hall–Kier alpha value is -0.620. The molecular weight excluding hydrogens is 295 g/mol. The molecule has 0 N–H and O–H groups in total. The van der Waals surface area contributed by atoms with Crippen molar-refractivity contribution in [1.82, 2.24) is 0 Å². The van der Waals surface area contributed by atoms with Gasteiger partial charge in [-0.2, -0.15) is 0 Å². The summed E-state index contributed by atoms with van der Waals surface area (Å²) < 4.78 is 23.9. The van der Waals surface area contributed by atoms with Crippen molar-refractivity contribution in [2.24, 2.45) is 10.5 Å². The van der Waals surface area contributed by atoms with Gasteiger partial charge >= 0.3 is 29.6 Å². The fourth-order valence-corrected chi connectivity index (χ4v) is 2.28. The molecule has 1 rings (SSSR count). The first-order valence-electron chi connectivity index (χ1n) is 6.46. The molecule has 0 fully saturated rings. The third-order valence-electron chi connectivity index (χ3n) is 2.87. The van der Waals surface area contributed by atoms with E-state index in [0.29, 0.717) is 0 Å². The summed E-state index contributed by atoms with van der Waals surface area (Å²) in [7, 11) is -3.71. The number of rotatable bonds is 7. The molecule has 0 saturated heterocycles. The van der Waals surface area contributed by atoms with E-state index in [9.17, 15) is 8.42 Å². The summed E-state index contributed by atoms with van der Waals surface area (Å²) in [5, 5.41) is 3.74. The standard InChI is InChI=1S/C15H21N2O2S.Na/c1-5-6-11-15(3,4)12-16-17-20(18,19)14-9-7-13(2)8-10-14;/h5,7-10,12H,1,6,11H2,2-4H3;/q-1;+1/b16-12+;. The zero-order chi connectivity index (χ0) is 15.2. The van der Waals surface area contributed by atoms with Gasteiger partial charge in [-0.15, -0.1) is 6.58 Å². The average Bonchev–Trinajstić information content (AvgIpc) is 2.36. The van der Waals surface area contributed by atoms with Crippen molar-refractivity contribution in [3.05, 3.63) is 47.3 Å². The van der Waals surface area contributed by atoms with Gasteiger partial charge in [-0.25, -0.2) is 8.42 Å². The largest absolute Gasteiger partial charge is 1.00 e. The van der Waals surface area contributed by atoms with Gasteiger partial charge in [0, 0.05) is 0 Å². The average molecular weight is 316 g/mol. The van der Waals surface area contributed by atoms with Crippen LogP contribution in [0.5, 0.6) is 0 Å². The van der Waals surface area contributed by atoms with Crippen molar-refractivity contribution < 1.29 is 38.0 Å². The topological polar surface area (TPSA) is 60.6 Å². The molecule has 0 atom stereocenters. The third-order valence-corrected chi connectivity index (χ3v) is 4.05. The molecule has 21 heavy (non-hydrogen) atoms. The zero-order valence-corrected chi connectivity index (χ0v) is 16.0. The van der Waals surface area contributed by atoms with Crippen LogP contribution in [0.2, 0.25) is 0 Å². The van der Waals surface area contributed by atoms with Gasteiger partial charge in [0.15, 0.2) is 0 Å². The van der Waals surface area contributed by atoms with E-state index in [4.69, 9.17) is 0 Å². The molecule has 1 aromatic carbocycles. The van der Waals surface area contributed by atoms with Crippen LogP contribution in [0.25, 0.3) is 4.83 Å². The Morgan fingerprint density at radius 2 is 1.86 bits per heavy atom. The molecule has 0 spiro atoms. The van der Waals surface area contributed by atoms with Crippen molar-refractivity contribution in [3.63, 3.8) is 0 Å². The third kappa shape index (κ3) is 7.27. The number of benzene rings is 1. The number of hydrogen-bond donors (Lipinski definition) is 0. The van der Waals surface area contributed by atoms with Crippen LogP contribution in [0.3, 0.4) is 0 Å². The van der Waals surface area contributed by atoms with Crippen LogP contribution in [0, 0.1) is 12.3 Å². The quantitative estimate of drug-likeness (QED) is 0.327. The molecule has 0 radical (unpaired) electrons. The molecule has 0 aromatic heterocycles. The predicted octanol–water partition coefficient (Wildman–Crippen LogP) is 1.04. The van der Waals surface area contributed by atoms with Crippen molar-refractivity contribution in [2.45, 2.75) is 38.5 Å². The fourth-order valence-electron chi connectivity index (χ4n) is 1.54. The SMILES string of the molecule is C=CCCC(C)(C)/C=N/[N-]S(=O)(=O)c1ccc(C)cc1.[Na+]. The number of allylic oxidation sites excluding steroid dienone is 1. The Morgan fingerprint density at radius 3 is 2.38 bits per heavy atom. The molecule has 0 aliphatic carbocycles. The van der Waals surface area contributed by atoms with Gasteiger partial charge in [0.05, 0.1) is 4.90 Å². The van der Waals surface area contributed by atoms with Gasteiger partial charge in [-0.1, -0.05) is 37.6 Å². The number of sulfonamides is 1. The molecule has 0 unspecified atom stereocenters. The van der Waals surface area contributed by atoms with E-state index in [2.05, 4.69) is 16.5 Å². The van der Waals surface area contributed by atoms with E-state index in [0.717, 1.165) is 18.4 Å². The number of aryl methyl sites for hydroxylation is 1. The van der Waals surface area contributed by atoms with E-state index in [1.54, 1.807) is 18.3 Å². The first-order chi connectivity index (χ1) is 9.27.